The fraction of sp³-hybridized carbons (Fsp3) is 0. The molecule has 1 heterocycles. The SMILES string of the molecule is C(=Cc1ccccn1)c1ccccc1. The van der Waals surface area contributed by atoms with E-state index in [0.717, 1.165) is 5.69 Å². The Bertz CT molecular complexity index is 362. The molecule has 0 N–H and O–H groups in total. The van der Waals surface area contributed by atoms with Gasteiger partial charge in [0.05, 0.1) is 5.69 Å². The van der Waals surface area contributed by atoms with Gasteiger partial charge in [0.1, 0.15) is 0 Å². The van der Waals surface area contributed by atoms with Gasteiger partial charge >= 0.3 is 0 Å². The first-order valence-corrected chi connectivity index (χ1v) is 4.59. The summed E-state index contributed by atoms with van der Waals surface area (Å²) in [4.78, 5) is 4.21. The van der Waals surface area contributed by atoms with E-state index in [1.165, 1.54) is 5.56 Å². The van der Waals surface area contributed by atoms with Crippen LogP contribution < -0.4 is 0 Å². The Hall–Kier alpha value is -1.89. The van der Waals surface area contributed by atoms with Crippen LogP contribution in [-0.4, -0.2) is 4.98 Å². The smallest absolute Gasteiger partial charge is 0.0629 e. The fourth-order valence-corrected chi connectivity index (χ4v) is 1.22. The fourth-order valence-electron chi connectivity index (χ4n) is 1.22. The van der Waals surface area contributed by atoms with Gasteiger partial charge in [-0.25, -0.2) is 0 Å². The summed E-state index contributed by atoms with van der Waals surface area (Å²) in [7, 11) is 0. The zero-order chi connectivity index (χ0) is 9.64. The Labute approximate surface area is 83.7 Å². The molecule has 0 aliphatic carbocycles. The summed E-state index contributed by atoms with van der Waals surface area (Å²) >= 11 is 0. The quantitative estimate of drug-likeness (QED) is 0.693. The summed E-state index contributed by atoms with van der Waals surface area (Å²) in [5, 5.41) is 0. The van der Waals surface area contributed by atoms with Gasteiger partial charge in [0.15, 0.2) is 0 Å². The normalized spacial score (nSPS) is 10.6. The molecule has 0 saturated heterocycles. The van der Waals surface area contributed by atoms with Crippen LogP contribution in [0.2, 0.25) is 0 Å². The average molecular weight is 181 g/mol. The zero-order valence-corrected chi connectivity index (χ0v) is 7.80. The summed E-state index contributed by atoms with van der Waals surface area (Å²) in [6.07, 6.45) is 5.86. The number of benzene rings is 1. The third kappa shape index (κ3) is 2.30. The minimum absolute atomic E-state index is 0.983. The first-order chi connectivity index (χ1) is 6.95. The van der Waals surface area contributed by atoms with E-state index < -0.39 is 0 Å². The molecular formula is C13H11N. The minimum atomic E-state index is 0.983. The van der Waals surface area contributed by atoms with Crippen molar-refractivity contribution >= 4 is 12.2 Å². The van der Waals surface area contributed by atoms with Gasteiger partial charge in [-0.15, -0.1) is 0 Å². The number of nitrogens with zero attached hydrogens (tertiary/aromatic N) is 1. The van der Waals surface area contributed by atoms with E-state index in [2.05, 4.69) is 23.2 Å². The number of hydrogen-bond donors (Lipinski definition) is 0. The van der Waals surface area contributed by atoms with Gasteiger partial charge in [0.25, 0.3) is 0 Å². The average Bonchev–Trinajstić information content (AvgIpc) is 2.29. The molecule has 0 fully saturated rings. The van der Waals surface area contributed by atoms with E-state index in [9.17, 15) is 0 Å². The third-order valence-corrected chi connectivity index (χ3v) is 1.93. The lowest BCUT2D eigenvalue weighted by Gasteiger charge is -1.92. The van der Waals surface area contributed by atoms with Gasteiger partial charge in [0, 0.05) is 6.20 Å². The van der Waals surface area contributed by atoms with Crippen molar-refractivity contribution in [2.75, 3.05) is 0 Å². The molecule has 0 aliphatic rings. The molecule has 0 saturated carbocycles. The predicted octanol–water partition coefficient (Wildman–Crippen LogP) is 3.25. The number of rotatable bonds is 2. The summed E-state index contributed by atoms with van der Waals surface area (Å²) < 4.78 is 0. The van der Waals surface area contributed by atoms with Gasteiger partial charge in [-0.05, 0) is 23.8 Å². The molecule has 0 bridgehead atoms. The molecule has 0 atom stereocenters. The Balaban J connectivity index is 2.16. The maximum Gasteiger partial charge on any atom is 0.0629 e. The topological polar surface area (TPSA) is 12.9 Å². The highest BCUT2D eigenvalue weighted by Crippen LogP contribution is 2.04. The summed E-state index contributed by atoms with van der Waals surface area (Å²) in [6.45, 7) is 0. The minimum Gasteiger partial charge on any atom is -0.257 e. The molecular weight excluding hydrogens is 170 g/mol. The van der Waals surface area contributed by atoms with Gasteiger partial charge < -0.3 is 0 Å². The van der Waals surface area contributed by atoms with Gasteiger partial charge in [-0.2, -0.15) is 0 Å². The summed E-state index contributed by atoms with van der Waals surface area (Å²) in [5.41, 5.74) is 2.18. The van der Waals surface area contributed by atoms with Gasteiger partial charge in [-0.1, -0.05) is 42.5 Å². The standard InChI is InChI=1S/C13H11N/c1-2-6-12(7-3-1)9-10-13-8-4-5-11-14-13/h1-11H. The summed E-state index contributed by atoms with van der Waals surface area (Å²) in [6, 6.07) is 16.1. The largest absolute Gasteiger partial charge is 0.257 e. The lowest BCUT2D eigenvalue weighted by molar-refractivity contribution is 1.30. The first kappa shape index (κ1) is 8.70. The molecule has 0 radical (unpaired) electrons. The molecule has 2 aromatic rings. The van der Waals surface area contributed by atoms with Crippen LogP contribution >= 0.6 is 0 Å². The lowest BCUT2D eigenvalue weighted by atomic mass is 10.2. The van der Waals surface area contributed by atoms with Crippen LogP contribution in [-0.2, 0) is 0 Å². The first-order valence-electron chi connectivity index (χ1n) is 4.59. The van der Waals surface area contributed by atoms with Crippen molar-refractivity contribution in [1.82, 2.24) is 4.98 Å². The van der Waals surface area contributed by atoms with E-state index >= 15 is 0 Å². The molecule has 1 heteroatoms. The van der Waals surface area contributed by atoms with Crippen molar-refractivity contribution in [1.29, 1.82) is 0 Å². The van der Waals surface area contributed by atoms with Crippen molar-refractivity contribution in [3.05, 3.63) is 66.0 Å². The van der Waals surface area contributed by atoms with Crippen LogP contribution in [0.3, 0.4) is 0 Å². The van der Waals surface area contributed by atoms with Crippen LogP contribution in [0.5, 0.6) is 0 Å². The lowest BCUT2D eigenvalue weighted by Crippen LogP contribution is -1.76. The molecule has 1 aromatic heterocycles. The molecule has 2 rings (SSSR count). The number of hydrogen-bond acceptors (Lipinski definition) is 1. The van der Waals surface area contributed by atoms with E-state index in [4.69, 9.17) is 0 Å². The zero-order valence-electron chi connectivity index (χ0n) is 7.80. The summed E-state index contributed by atoms with van der Waals surface area (Å²) in [5.74, 6) is 0. The maximum atomic E-state index is 4.21. The Morgan fingerprint density at radius 2 is 1.57 bits per heavy atom. The predicted molar refractivity (Wildman–Crippen MR) is 59.6 cm³/mol. The highest BCUT2D eigenvalue weighted by atomic mass is 14.6. The molecule has 0 aliphatic heterocycles. The molecule has 0 amide bonds. The monoisotopic (exact) mass is 181 g/mol. The highest BCUT2D eigenvalue weighted by Gasteiger charge is 1.85. The van der Waals surface area contributed by atoms with Crippen molar-refractivity contribution in [3.63, 3.8) is 0 Å². The van der Waals surface area contributed by atoms with E-state index in [-0.39, 0.29) is 0 Å². The Kier molecular flexibility index (Phi) is 2.72. The van der Waals surface area contributed by atoms with Gasteiger partial charge in [0.2, 0.25) is 0 Å². The van der Waals surface area contributed by atoms with Crippen LogP contribution in [0.1, 0.15) is 11.3 Å². The second kappa shape index (κ2) is 4.38. The number of pyridine rings is 1. The van der Waals surface area contributed by atoms with Crippen molar-refractivity contribution < 1.29 is 0 Å². The highest BCUT2D eigenvalue weighted by molar-refractivity contribution is 5.67. The van der Waals surface area contributed by atoms with Crippen molar-refractivity contribution in [2.45, 2.75) is 0 Å². The Morgan fingerprint density at radius 3 is 2.29 bits per heavy atom. The third-order valence-electron chi connectivity index (χ3n) is 1.93. The van der Waals surface area contributed by atoms with E-state index in [1.807, 2.05) is 42.5 Å². The molecule has 0 spiro atoms. The van der Waals surface area contributed by atoms with E-state index in [0.29, 0.717) is 0 Å². The van der Waals surface area contributed by atoms with Gasteiger partial charge in [-0.3, -0.25) is 4.98 Å². The van der Waals surface area contributed by atoms with Crippen LogP contribution in [0.4, 0.5) is 0 Å². The molecule has 68 valence electrons. The Morgan fingerprint density at radius 1 is 0.786 bits per heavy atom. The van der Waals surface area contributed by atoms with E-state index in [1.54, 1.807) is 6.20 Å². The maximum absolute atomic E-state index is 4.21. The van der Waals surface area contributed by atoms with Crippen molar-refractivity contribution in [3.8, 4) is 0 Å². The second-order valence-corrected chi connectivity index (χ2v) is 3.00. The molecule has 1 nitrogen and oxygen atoms in total. The van der Waals surface area contributed by atoms with Crippen LogP contribution in [0, 0.1) is 0 Å². The van der Waals surface area contributed by atoms with Crippen LogP contribution in [0.15, 0.2) is 54.7 Å². The molecule has 1 aromatic carbocycles. The van der Waals surface area contributed by atoms with Crippen molar-refractivity contribution in [2.24, 2.45) is 0 Å². The molecule has 0 unspecified atom stereocenters. The van der Waals surface area contributed by atoms with Crippen LogP contribution in [0.25, 0.3) is 12.2 Å². The molecule has 14 heavy (non-hydrogen) atoms. The number of aromatic nitrogens is 1. The second-order valence-electron chi connectivity index (χ2n) is 3.00.